The number of halogens is 3. The zero-order chi connectivity index (χ0) is 53.7. The number of hydrogen-bond acceptors (Lipinski definition) is 9. The summed E-state index contributed by atoms with van der Waals surface area (Å²) in [6, 6.07) is 52.4. The number of hydrogen-bond donors (Lipinski definition) is 0. The van der Waals surface area contributed by atoms with Gasteiger partial charge in [-0.05, 0) is 207 Å². The van der Waals surface area contributed by atoms with Crippen molar-refractivity contribution in [1.29, 1.82) is 0 Å². The lowest BCUT2D eigenvalue weighted by Crippen LogP contribution is -2.30. The van der Waals surface area contributed by atoms with Crippen LogP contribution in [0.2, 0.25) is 0 Å². The molecule has 2 saturated heterocycles. The third-order valence-electron chi connectivity index (χ3n) is 14.2. The van der Waals surface area contributed by atoms with Gasteiger partial charge in [0, 0.05) is 48.7 Å². The van der Waals surface area contributed by atoms with Gasteiger partial charge in [-0.15, -0.1) is 0 Å². The number of para-hydroxylation sites is 2. The second kappa shape index (κ2) is 22.6. The maximum Gasteiger partial charge on any atom is 0.206 e. The Morgan fingerprint density at radius 1 is 0.329 bits per heavy atom. The number of fused-ring (bicyclic) bond motifs is 2. The molecule has 0 bridgehead atoms. The summed E-state index contributed by atoms with van der Waals surface area (Å²) >= 11 is 0. The molecule has 0 atom stereocenters. The van der Waals surface area contributed by atoms with Crippen LogP contribution in [0.1, 0.15) is 63.5 Å². The molecule has 0 radical (unpaired) electrons. The molecule has 11 rings (SSSR count). The number of anilines is 5. The van der Waals surface area contributed by atoms with Crippen molar-refractivity contribution in [2.24, 2.45) is 0 Å². The van der Waals surface area contributed by atoms with Gasteiger partial charge in [0.2, 0.25) is 29.5 Å². The SMILES string of the molecule is CC1(C)c2ccccc2N(c2ccc(S(=O)(=O)c3ccc(N4CCCCC4)cc3)cc2)c2ccccc21.O=S(=O)(c1ccc(F)cc1)c1ccc(F)cc1.O=S(=O)(c1ccc(F)cc1)c1ccc(N2CCCCC2)cc1. The highest BCUT2D eigenvalue weighted by atomic mass is 32.2. The summed E-state index contributed by atoms with van der Waals surface area (Å²) in [5.41, 5.74) is 7.70. The van der Waals surface area contributed by atoms with Crippen LogP contribution in [-0.2, 0) is 34.9 Å². The minimum atomic E-state index is -3.71. The van der Waals surface area contributed by atoms with Crippen LogP contribution in [0.15, 0.2) is 223 Å². The van der Waals surface area contributed by atoms with Gasteiger partial charge in [0.1, 0.15) is 17.5 Å². The predicted octanol–water partition coefficient (Wildman–Crippen LogP) is 14.1. The van der Waals surface area contributed by atoms with Crippen molar-refractivity contribution in [2.45, 2.75) is 87.2 Å². The molecule has 15 heteroatoms. The van der Waals surface area contributed by atoms with E-state index in [0.717, 1.165) is 91.0 Å². The van der Waals surface area contributed by atoms with Crippen LogP contribution >= 0.6 is 0 Å². The van der Waals surface area contributed by atoms with Crippen molar-refractivity contribution in [3.8, 4) is 0 Å². The van der Waals surface area contributed by atoms with Crippen molar-refractivity contribution in [3.05, 3.63) is 223 Å². The molecule has 8 aromatic carbocycles. The molecule has 3 aliphatic heterocycles. The van der Waals surface area contributed by atoms with Crippen molar-refractivity contribution in [3.63, 3.8) is 0 Å². The topological polar surface area (TPSA) is 112 Å². The van der Waals surface area contributed by atoms with Gasteiger partial charge in [-0.25, -0.2) is 38.4 Å². The first kappa shape index (κ1) is 53.6. The largest absolute Gasteiger partial charge is 0.372 e. The average molecular weight is 1080 g/mol. The highest BCUT2D eigenvalue weighted by Crippen LogP contribution is 2.51. The first-order valence-corrected chi connectivity index (χ1v) is 29.7. The lowest BCUT2D eigenvalue weighted by atomic mass is 9.73. The van der Waals surface area contributed by atoms with Crippen LogP contribution in [0.4, 0.5) is 41.6 Å². The Labute approximate surface area is 444 Å². The molecule has 392 valence electrons. The van der Waals surface area contributed by atoms with Crippen LogP contribution in [-0.4, -0.2) is 51.4 Å². The Morgan fingerprint density at radius 2 is 0.579 bits per heavy atom. The molecule has 0 aromatic heterocycles. The standard InChI is InChI=1S/C32H32N2O2S.C17H18FNO2S.C12H8F2O2S/c1-32(2)28-10-4-6-12-30(28)34(31-13-7-5-11-29(31)32)25-16-20-27(21-17-25)37(35,36)26-18-14-24(15-19-26)33-22-8-3-9-23-33;18-14-4-8-16(9-5-14)22(20,21)17-10-6-15(7-11-17)19-12-2-1-3-13-19;13-9-1-5-11(6-2-9)17(15,16)12-7-3-10(14)4-8-12/h4-7,10-21H,3,8-9,22-23H2,1-2H3;4-11H,1-3,12-13H2;1-8H. The van der Waals surface area contributed by atoms with Crippen molar-refractivity contribution in [1.82, 2.24) is 0 Å². The quantitative estimate of drug-likeness (QED) is 0.130. The van der Waals surface area contributed by atoms with E-state index < -0.39 is 47.0 Å². The van der Waals surface area contributed by atoms with E-state index in [1.807, 2.05) is 36.4 Å². The van der Waals surface area contributed by atoms with Crippen molar-refractivity contribution >= 4 is 57.9 Å². The molecular formula is C61H58F3N3O6S3. The van der Waals surface area contributed by atoms with Crippen LogP contribution in [0.3, 0.4) is 0 Å². The van der Waals surface area contributed by atoms with Gasteiger partial charge >= 0.3 is 0 Å². The minimum Gasteiger partial charge on any atom is -0.372 e. The molecular weight excluding hydrogens is 1020 g/mol. The summed E-state index contributed by atoms with van der Waals surface area (Å²) in [5, 5.41) is 0. The zero-order valence-corrected chi connectivity index (χ0v) is 44.6. The van der Waals surface area contributed by atoms with E-state index in [0.29, 0.717) is 9.79 Å². The second-order valence-electron chi connectivity index (χ2n) is 19.4. The summed E-state index contributed by atoms with van der Waals surface area (Å²) in [6.07, 6.45) is 7.26. The Balaban J connectivity index is 0.000000153. The smallest absolute Gasteiger partial charge is 0.206 e. The van der Waals surface area contributed by atoms with Gasteiger partial charge in [-0.1, -0.05) is 50.2 Å². The predicted molar refractivity (Wildman–Crippen MR) is 294 cm³/mol. The maximum absolute atomic E-state index is 13.5. The van der Waals surface area contributed by atoms with Crippen LogP contribution in [0.5, 0.6) is 0 Å². The minimum absolute atomic E-state index is 0.0227. The molecule has 2 fully saturated rings. The van der Waals surface area contributed by atoms with E-state index in [1.165, 1.54) is 86.1 Å². The number of benzene rings is 8. The van der Waals surface area contributed by atoms with Crippen molar-refractivity contribution < 1.29 is 38.4 Å². The monoisotopic (exact) mass is 1080 g/mol. The average Bonchev–Trinajstić information content (AvgIpc) is 3.44. The molecule has 76 heavy (non-hydrogen) atoms. The van der Waals surface area contributed by atoms with Crippen LogP contribution in [0, 0.1) is 17.5 Å². The zero-order valence-electron chi connectivity index (χ0n) is 42.2. The molecule has 0 N–H and O–H groups in total. The van der Waals surface area contributed by atoms with Gasteiger partial charge < -0.3 is 14.7 Å². The molecule has 0 unspecified atom stereocenters. The molecule has 0 amide bonds. The summed E-state index contributed by atoms with van der Waals surface area (Å²) in [5.74, 6) is -1.47. The van der Waals surface area contributed by atoms with E-state index in [2.05, 4.69) is 77.1 Å². The molecule has 0 aliphatic carbocycles. The second-order valence-corrected chi connectivity index (χ2v) is 25.3. The van der Waals surface area contributed by atoms with Crippen LogP contribution < -0.4 is 14.7 Å². The van der Waals surface area contributed by atoms with Gasteiger partial charge in [0.05, 0.1) is 40.7 Å². The van der Waals surface area contributed by atoms with Crippen molar-refractivity contribution in [2.75, 3.05) is 40.9 Å². The number of sulfone groups is 3. The fourth-order valence-electron chi connectivity index (χ4n) is 9.95. The third-order valence-corrected chi connectivity index (χ3v) is 19.5. The molecule has 3 heterocycles. The van der Waals surface area contributed by atoms with Gasteiger partial charge in [0.15, 0.2) is 0 Å². The van der Waals surface area contributed by atoms with E-state index in [-0.39, 0.29) is 25.0 Å². The van der Waals surface area contributed by atoms with E-state index in [9.17, 15) is 38.4 Å². The fourth-order valence-corrected chi connectivity index (χ4v) is 13.7. The molecule has 0 saturated carbocycles. The Morgan fingerprint density at radius 3 is 0.868 bits per heavy atom. The van der Waals surface area contributed by atoms with Crippen LogP contribution in [0.25, 0.3) is 0 Å². The third kappa shape index (κ3) is 11.5. The van der Waals surface area contributed by atoms with E-state index >= 15 is 0 Å². The number of rotatable bonds is 9. The summed E-state index contributed by atoms with van der Waals surface area (Å²) in [6.45, 7) is 8.62. The fraction of sp³-hybridized carbons (Fsp3) is 0.213. The first-order chi connectivity index (χ1) is 36.4. The highest BCUT2D eigenvalue weighted by molar-refractivity contribution is 7.92. The summed E-state index contributed by atoms with van der Waals surface area (Å²) < 4.78 is 114. The molecule has 9 nitrogen and oxygen atoms in total. The molecule has 8 aromatic rings. The Kier molecular flexibility index (Phi) is 15.9. The van der Waals surface area contributed by atoms with Gasteiger partial charge in [-0.3, -0.25) is 0 Å². The Hall–Kier alpha value is -7.20. The number of piperidine rings is 2. The number of nitrogens with zero attached hydrogens (tertiary/aromatic N) is 3. The lowest BCUT2D eigenvalue weighted by Gasteiger charge is -2.42. The first-order valence-electron chi connectivity index (χ1n) is 25.3. The van der Waals surface area contributed by atoms with E-state index in [1.54, 1.807) is 36.4 Å². The highest BCUT2D eigenvalue weighted by Gasteiger charge is 2.36. The lowest BCUT2D eigenvalue weighted by molar-refractivity contribution is 0.577. The molecule has 3 aliphatic rings. The maximum atomic E-state index is 13.5. The summed E-state index contributed by atoms with van der Waals surface area (Å²) in [7, 11) is -10.9. The normalized spacial score (nSPS) is 15.2. The summed E-state index contributed by atoms with van der Waals surface area (Å²) in [4.78, 5) is 7.79. The Bertz CT molecular complexity index is 3530. The molecule has 0 spiro atoms. The van der Waals surface area contributed by atoms with Gasteiger partial charge in [0.25, 0.3) is 0 Å². The van der Waals surface area contributed by atoms with Gasteiger partial charge in [-0.2, -0.15) is 0 Å². The van der Waals surface area contributed by atoms with E-state index in [4.69, 9.17) is 0 Å².